The van der Waals surface area contributed by atoms with E-state index in [4.69, 9.17) is 9.47 Å². The van der Waals surface area contributed by atoms with E-state index in [-0.39, 0.29) is 18.1 Å². The van der Waals surface area contributed by atoms with E-state index >= 15 is 0 Å². The predicted octanol–water partition coefficient (Wildman–Crippen LogP) is 4.83. The Kier molecular flexibility index (Phi) is 8.15. The highest BCUT2D eigenvalue weighted by atomic mass is 19.1. The number of hydrazone groups is 1. The Balaban J connectivity index is 1.70. The quantitative estimate of drug-likeness (QED) is 0.283. The molecule has 0 radical (unpaired) electrons. The normalized spacial score (nSPS) is 10.7. The van der Waals surface area contributed by atoms with Crippen molar-refractivity contribution < 1.29 is 18.7 Å². The maximum Gasteiger partial charge on any atom is 0.244 e. The van der Waals surface area contributed by atoms with Crippen molar-refractivity contribution in [3.8, 4) is 11.5 Å². The highest BCUT2D eigenvalue weighted by molar-refractivity contribution is 5.84. The molecule has 164 valence electrons. The zero-order valence-corrected chi connectivity index (χ0v) is 17.9. The van der Waals surface area contributed by atoms with Gasteiger partial charge in [-0.3, -0.25) is 4.79 Å². The monoisotopic (exact) mass is 432 g/mol. The summed E-state index contributed by atoms with van der Waals surface area (Å²) in [5.74, 6) is 0.578. The van der Waals surface area contributed by atoms with Crippen LogP contribution in [0, 0.1) is 5.82 Å². The van der Waals surface area contributed by atoms with Crippen LogP contribution in [0.1, 0.15) is 22.3 Å². The Morgan fingerprint density at radius 2 is 1.84 bits per heavy atom. The van der Waals surface area contributed by atoms with Crippen LogP contribution < -0.4 is 14.9 Å². The zero-order chi connectivity index (χ0) is 22.8. The smallest absolute Gasteiger partial charge is 0.244 e. The molecule has 1 N–H and O–H groups in total. The first-order valence-electron chi connectivity index (χ1n) is 10.1. The van der Waals surface area contributed by atoms with Gasteiger partial charge in [-0.2, -0.15) is 5.10 Å². The van der Waals surface area contributed by atoms with Gasteiger partial charge in [0, 0.05) is 5.56 Å². The van der Waals surface area contributed by atoms with Gasteiger partial charge in [-0.05, 0) is 47.4 Å². The summed E-state index contributed by atoms with van der Waals surface area (Å²) in [7, 11) is 1.58. The van der Waals surface area contributed by atoms with Crippen LogP contribution in [0.15, 0.2) is 84.5 Å². The molecule has 0 bridgehead atoms. The van der Waals surface area contributed by atoms with Gasteiger partial charge >= 0.3 is 0 Å². The molecule has 6 heteroatoms. The molecule has 0 atom stereocenters. The lowest BCUT2D eigenvalue weighted by molar-refractivity contribution is -0.120. The lowest BCUT2D eigenvalue weighted by atomic mass is 10.1. The predicted molar refractivity (Wildman–Crippen MR) is 124 cm³/mol. The number of hydrogen-bond acceptors (Lipinski definition) is 4. The van der Waals surface area contributed by atoms with Gasteiger partial charge in [-0.1, -0.05) is 48.5 Å². The van der Waals surface area contributed by atoms with Crippen molar-refractivity contribution in [1.29, 1.82) is 0 Å². The van der Waals surface area contributed by atoms with Crippen molar-refractivity contribution in [2.75, 3.05) is 7.11 Å². The number of halogens is 1. The van der Waals surface area contributed by atoms with E-state index < -0.39 is 0 Å². The first kappa shape index (κ1) is 22.7. The summed E-state index contributed by atoms with van der Waals surface area (Å²) in [4.78, 5) is 12.1. The molecule has 3 aromatic rings. The van der Waals surface area contributed by atoms with Gasteiger partial charge in [0.15, 0.2) is 11.5 Å². The maximum atomic E-state index is 13.0. The van der Waals surface area contributed by atoms with Crippen LogP contribution in [0.5, 0.6) is 11.5 Å². The highest BCUT2D eigenvalue weighted by Gasteiger charge is 2.13. The van der Waals surface area contributed by atoms with E-state index in [0.29, 0.717) is 30.1 Å². The van der Waals surface area contributed by atoms with Gasteiger partial charge in [0.25, 0.3) is 0 Å². The van der Waals surface area contributed by atoms with E-state index in [1.54, 1.807) is 37.6 Å². The number of nitrogens with zero attached hydrogens (tertiary/aromatic N) is 1. The summed E-state index contributed by atoms with van der Waals surface area (Å²) in [6.45, 7) is 4.23. The molecule has 0 aliphatic carbocycles. The minimum atomic E-state index is -0.340. The SMILES string of the molecule is C=CCc1cc(/C=N/NC(=O)Cc2ccc(F)cc2)cc(OC)c1OCc1ccccc1. The maximum absolute atomic E-state index is 13.0. The summed E-state index contributed by atoms with van der Waals surface area (Å²) in [6, 6.07) is 19.4. The van der Waals surface area contributed by atoms with E-state index in [9.17, 15) is 9.18 Å². The Morgan fingerprint density at radius 3 is 2.53 bits per heavy atom. The van der Waals surface area contributed by atoms with Crippen molar-refractivity contribution in [1.82, 2.24) is 5.43 Å². The third-order valence-electron chi connectivity index (χ3n) is 4.65. The molecule has 0 fully saturated rings. The number of carbonyl (C=O) groups is 1. The number of ether oxygens (including phenoxy) is 2. The molecule has 32 heavy (non-hydrogen) atoms. The molecule has 0 aliphatic heterocycles. The molecule has 0 unspecified atom stereocenters. The molecule has 1 amide bonds. The third kappa shape index (κ3) is 6.54. The second kappa shape index (κ2) is 11.5. The first-order chi connectivity index (χ1) is 15.6. The minimum absolute atomic E-state index is 0.106. The van der Waals surface area contributed by atoms with Crippen molar-refractivity contribution in [2.24, 2.45) is 5.10 Å². The lowest BCUT2D eigenvalue weighted by Gasteiger charge is -2.16. The summed E-state index contributed by atoms with van der Waals surface area (Å²) < 4.78 is 24.6. The summed E-state index contributed by atoms with van der Waals surface area (Å²) in [5, 5.41) is 4.03. The van der Waals surface area contributed by atoms with Crippen LogP contribution in [0.3, 0.4) is 0 Å². The standard InChI is InChI=1S/C26H25FN2O3/c1-3-7-22-14-21(17-28-29-25(30)16-19-10-12-23(27)13-11-19)15-24(31-2)26(22)32-18-20-8-5-4-6-9-20/h3-6,8-15,17H,1,7,16,18H2,2H3,(H,29,30)/b28-17+. The second-order valence-electron chi connectivity index (χ2n) is 7.07. The minimum Gasteiger partial charge on any atom is -0.493 e. The molecule has 0 aliphatic rings. The Bertz CT molecular complexity index is 1080. The van der Waals surface area contributed by atoms with Crippen LogP contribution >= 0.6 is 0 Å². The number of methoxy groups -OCH3 is 1. The Hall–Kier alpha value is -3.93. The largest absolute Gasteiger partial charge is 0.493 e. The molecule has 0 spiro atoms. The number of benzene rings is 3. The van der Waals surface area contributed by atoms with Crippen LogP contribution in [0.4, 0.5) is 4.39 Å². The topological polar surface area (TPSA) is 59.9 Å². The zero-order valence-electron chi connectivity index (χ0n) is 17.9. The number of carbonyl (C=O) groups excluding carboxylic acids is 1. The van der Waals surface area contributed by atoms with Crippen molar-refractivity contribution in [3.05, 3.63) is 107 Å². The van der Waals surface area contributed by atoms with Gasteiger partial charge in [-0.25, -0.2) is 9.82 Å². The van der Waals surface area contributed by atoms with Gasteiger partial charge in [0.05, 0.1) is 19.7 Å². The first-order valence-corrected chi connectivity index (χ1v) is 10.1. The molecule has 0 saturated heterocycles. The van der Waals surface area contributed by atoms with Crippen LogP contribution in [-0.4, -0.2) is 19.2 Å². The fraction of sp³-hybridized carbons (Fsp3) is 0.154. The number of amides is 1. The molecule has 0 saturated carbocycles. The molecular weight excluding hydrogens is 407 g/mol. The van der Waals surface area contributed by atoms with Crippen LogP contribution in [0.25, 0.3) is 0 Å². The fourth-order valence-electron chi connectivity index (χ4n) is 3.12. The van der Waals surface area contributed by atoms with Crippen LogP contribution in [0.2, 0.25) is 0 Å². The molecule has 3 rings (SSSR count). The van der Waals surface area contributed by atoms with Gasteiger partial charge in [-0.15, -0.1) is 6.58 Å². The van der Waals surface area contributed by atoms with Crippen molar-refractivity contribution in [3.63, 3.8) is 0 Å². The summed E-state index contributed by atoms with van der Waals surface area (Å²) in [5.41, 5.74) is 5.88. The Morgan fingerprint density at radius 1 is 1.09 bits per heavy atom. The van der Waals surface area contributed by atoms with E-state index in [1.807, 2.05) is 36.4 Å². The van der Waals surface area contributed by atoms with Gasteiger partial charge in [0.1, 0.15) is 12.4 Å². The lowest BCUT2D eigenvalue weighted by Crippen LogP contribution is -2.19. The highest BCUT2D eigenvalue weighted by Crippen LogP contribution is 2.34. The van der Waals surface area contributed by atoms with E-state index in [2.05, 4.69) is 17.1 Å². The van der Waals surface area contributed by atoms with E-state index in [1.165, 1.54) is 12.1 Å². The fourth-order valence-corrected chi connectivity index (χ4v) is 3.12. The molecule has 0 heterocycles. The average molecular weight is 432 g/mol. The molecular formula is C26H25FN2O3. The average Bonchev–Trinajstić information content (AvgIpc) is 2.80. The number of nitrogens with one attached hydrogen (secondary N) is 1. The van der Waals surface area contributed by atoms with Crippen molar-refractivity contribution >= 4 is 12.1 Å². The molecule has 5 nitrogen and oxygen atoms in total. The molecule has 3 aromatic carbocycles. The second-order valence-corrected chi connectivity index (χ2v) is 7.07. The molecule has 0 aromatic heterocycles. The Labute approximate surface area is 187 Å². The van der Waals surface area contributed by atoms with E-state index in [0.717, 1.165) is 16.7 Å². The number of rotatable bonds is 10. The van der Waals surface area contributed by atoms with Crippen LogP contribution in [-0.2, 0) is 24.2 Å². The number of hydrogen-bond donors (Lipinski definition) is 1. The van der Waals surface area contributed by atoms with Gasteiger partial charge in [0.2, 0.25) is 5.91 Å². The van der Waals surface area contributed by atoms with Crippen molar-refractivity contribution in [2.45, 2.75) is 19.4 Å². The summed E-state index contributed by atoms with van der Waals surface area (Å²) >= 11 is 0. The van der Waals surface area contributed by atoms with Gasteiger partial charge < -0.3 is 9.47 Å². The summed E-state index contributed by atoms with van der Waals surface area (Å²) in [6.07, 6.45) is 4.02. The third-order valence-corrected chi connectivity index (χ3v) is 4.65. The number of allylic oxidation sites excluding steroid dienone is 1.